The Hall–Kier alpha value is -2.81. The van der Waals surface area contributed by atoms with Crippen LogP contribution in [0.5, 0.6) is 11.5 Å². The summed E-state index contributed by atoms with van der Waals surface area (Å²) >= 11 is 0. The number of nitrogens with one attached hydrogen (secondary N) is 2. The Morgan fingerprint density at radius 2 is 1.07 bits per heavy atom. The Bertz CT molecular complexity index is 829. The van der Waals surface area contributed by atoms with E-state index in [1.165, 1.54) is 12.1 Å². The SMILES string of the molecule is Cl.NCCNc1ccc(NCCN)c2c1C(=O)c1c(O)ccc(O)c1C2=O. The highest BCUT2D eigenvalue weighted by Gasteiger charge is 2.37. The summed E-state index contributed by atoms with van der Waals surface area (Å²) < 4.78 is 0. The van der Waals surface area contributed by atoms with E-state index in [4.69, 9.17) is 11.5 Å². The highest BCUT2D eigenvalue weighted by molar-refractivity contribution is 6.33. The fourth-order valence-electron chi connectivity index (χ4n) is 3.07. The van der Waals surface area contributed by atoms with E-state index in [9.17, 15) is 19.8 Å². The first kappa shape index (κ1) is 20.5. The van der Waals surface area contributed by atoms with Gasteiger partial charge in [-0.25, -0.2) is 0 Å². The Morgan fingerprint density at radius 1 is 0.704 bits per heavy atom. The van der Waals surface area contributed by atoms with Crippen molar-refractivity contribution in [3.05, 3.63) is 46.5 Å². The molecule has 0 aliphatic heterocycles. The number of fused-ring (bicyclic) bond motifs is 2. The summed E-state index contributed by atoms with van der Waals surface area (Å²) in [4.78, 5) is 26.2. The summed E-state index contributed by atoms with van der Waals surface area (Å²) in [7, 11) is 0. The molecule has 0 aromatic heterocycles. The first-order chi connectivity index (χ1) is 12.5. The molecule has 2 aromatic rings. The molecule has 0 spiro atoms. The van der Waals surface area contributed by atoms with Crippen LogP contribution in [0.3, 0.4) is 0 Å². The Kier molecular flexibility index (Phi) is 6.27. The van der Waals surface area contributed by atoms with Gasteiger partial charge in [0.25, 0.3) is 0 Å². The molecule has 0 bridgehead atoms. The van der Waals surface area contributed by atoms with Crippen molar-refractivity contribution in [2.24, 2.45) is 11.5 Å². The van der Waals surface area contributed by atoms with Crippen molar-refractivity contribution in [3.8, 4) is 11.5 Å². The lowest BCUT2D eigenvalue weighted by Crippen LogP contribution is -2.26. The van der Waals surface area contributed by atoms with Crippen LogP contribution in [0.1, 0.15) is 31.8 Å². The predicted molar refractivity (Wildman–Crippen MR) is 105 cm³/mol. The number of phenols is 2. The lowest BCUT2D eigenvalue weighted by molar-refractivity contribution is 0.0975. The van der Waals surface area contributed by atoms with Crippen LogP contribution in [-0.2, 0) is 0 Å². The molecule has 0 amide bonds. The number of hydrogen-bond donors (Lipinski definition) is 6. The van der Waals surface area contributed by atoms with E-state index < -0.39 is 11.6 Å². The van der Waals surface area contributed by atoms with Crippen LogP contribution in [0.25, 0.3) is 0 Å². The number of benzene rings is 2. The van der Waals surface area contributed by atoms with Gasteiger partial charge in [0.1, 0.15) is 11.5 Å². The van der Waals surface area contributed by atoms with Crippen molar-refractivity contribution in [2.75, 3.05) is 36.8 Å². The highest BCUT2D eigenvalue weighted by Crippen LogP contribution is 2.42. The van der Waals surface area contributed by atoms with Gasteiger partial charge in [-0.2, -0.15) is 0 Å². The van der Waals surface area contributed by atoms with Crippen molar-refractivity contribution in [3.63, 3.8) is 0 Å². The van der Waals surface area contributed by atoms with Crippen LogP contribution in [0.2, 0.25) is 0 Å². The first-order valence-corrected chi connectivity index (χ1v) is 8.20. The molecule has 9 heteroatoms. The molecular formula is C18H21ClN4O4. The first-order valence-electron chi connectivity index (χ1n) is 8.20. The molecule has 0 heterocycles. The number of halogens is 1. The molecule has 0 saturated carbocycles. The summed E-state index contributed by atoms with van der Waals surface area (Å²) in [6.45, 7) is 1.49. The fourth-order valence-corrected chi connectivity index (χ4v) is 3.07. The summed E-state index contributed by atoms with van der Waals surface area (Å²) in [5, 5.41) is 26.3. The van der Waals surface area contributed by atoms with Gasteiger partial charge in [0.05, 0.1) is 22.3 Å². The van der Waals surface area contributed by atoms with Crippen LogP contribution in [0, 0.1) is 0 Å². The lowest BCUT2D eigenvalue weighted by Gasteiger charge is -2.24. The van der Waals surface area contributed by atoms with Crippen LogP contribution in [-0.4, -0.2) is 48.0 Å². The van der Waals surface area contributed by atoms with Gasteiger partial charge in [0.2, 0.25) is 11.6 Å². The Morgan fingerprint density at radius 3 is 1.41 bits per heavy atom. The third-order valence-electron chi connectivity index (χ3n) is 4.19. The number of carbonyl (C=O) groups excluding carboxylic acids is 2. The summed E-state index contributed by atoms with van der Waals surface area (Å²) in [5.41, 5.74) is 11.8. The third kappa shape index (κ3) is 3.42. The number of nitrogens with two attached hydrogens (primary N) is 2. The largest absolute Gasteiger partial charge is 0.507 e. The van der Waals surface area contributed by atoms with Crippen LogP contribution >= 0.6 is 12.4 Å². The van der Waals surface area contributed by atoms with Gasteiger partial charge in [0, 0.05) is 37.6 Å². The van der Waals surface area contributed by atoms with Gasteiger partial charge in [-0.05, 0) is 24.3 Å². The number of rotatable bonds is 6. The van der Waals surface area contributed by atoms with Gasteiger partial charge >= 0.3 is 0 Å². The van der Waals surface area contributed by atoms with E-state index in [0.29, 0.717) is 37.6 Å². The molecule has 8 nitrogen and oxygen atoms in total. The average Bonchev–Trinajstić information content (AvgIpc) is 2.64. The number of carbonyl (C=O) groups is 2. The van der Waals surface area contributed by atoms with Gasteiger partial charge in [-0.15, -0.1) is 12.4 Å². The van der Waals surface area contributed by atoms with Crippen molar-refractivity contribution in [2.45, 2.75) is 0 Å². The van der Waals surface area contributed by atoms with E-state index in [0.717, 1.165) is 0 Å². The molecule has 8 N–H and O–H groups in total. The van der Waals surface area contributed by atoms with Gasteiger partial charge in [0.15, 0.2) is 0 Å². The number of aromatic hydroxyl groups is 2. The molecule has 0 unspecified atom stereocenters. The summed E-state index contributed by atoms with van der Waals surface area (Å²) in [5.74, 6) is -1.79. The van der Waals surface area contributed by atoms with E-state index in [1.807, 2.05) is 0 Å². The molecule has 144 valence electrons. The van der Waals surface area contributed by atoms with Crippen molar-refractivity contribution in [1.29, 1.82) is 0 Å². The van der Waals surface area contributed by atoms with Gasteiger partial charge in [-0.1, -0.05) is 0 Å². The minimum absolute atomic E-state index is 0. The average molecular weight is 393 g/mol. The molecular weight excluding hydrogens is 372 g/mol. The smallest absolute Gasteiger partial charge is 0.200 e. The molecule has 0 fully saturated rings. The molecule has 1 aliphatic carbocycles. The zero-order valence-electron chi connectivity index (χ0n) is 14.4. The normalized spacial score (nSPS) is 12.1. The summed E-state index contributed by atoms with van der Waals surface area (Å²) in [6, 6.07) is 5.72. The lowest BCUT2D eigenvalue weighted by atomic mass is 9.81. The minimum Gasteiger partial charge on any atom is -0.507 e. The number of ketones is 2. The second kappa shape index (κ2) is 8.26. The Labute approximate surface area is 162 Å². The maximum absolute atomic E-state index is 13.1. The van der Waals surface area contributed by atoms with Crippen LogP contribution < -0.4 is 22.1 Å². The van der Waals surface area contributed by atoms with Crippen molar-refractivity contribution >= 4 is 35.3 Å². The molecule has 0 radical (unpaired) electrons. The van der Waals surface area contributed by atoms with E-state index in [-0.39, 0.29) is 46.2 Å². The number of hydrogen-bond acceptors (Lipinski definition) is 8. The van der Waals surface area contributed by atoms with Gasteiger partial charge in [-0.3, -0.25) is 9.59 Å². The topological polar surface area (TPSA) is 151 Å². The second-order valence-electron chi connectivity index (χ2n) is 5.85. The van der Waals surface area contributed by atoms with Crippen molar-refractivity contribution in [1.82, 2.24) is 0 Å². The standard InChI is InChI=1S/C18H20N4O4.ClH/c19-5-7-21-9-1-2-10(22-8-6-20)14-13(9)17(25)15-11(23)3-4-12(24)16(15)18(14)26;/h1-4,21-24H,5-8,19-20H2;1H. The molecule has 3 rings (SSSR count). The van der Waals surface area contributed by atoms with Gasteiger partial charge < -0.3 is 32.3 Å². The number of anilines is 2. The maximum atomic E-state index is 13.1. The third-order valence-corrected chi connectivity index (χ3v) is 4.19. The molecule has 0 saturated heterocycles. The van der Waals surface area contributed by atoms with Crippen LogP contribution in [0.4, 0.5) is 11.4 Å². The molecule has 2 aromatic carbocycles. The van der Waals surface area contributed by atoms with Crippen LogP contribution in [0.15, 0.2) is 24.3 Å². The van der Waals surface area contributed by atoms with E-state index in [1.54, 1.807) is 12.1 Å². The zero-order valence-corrected chi connectivity index (χ0v) is 15.2. The predicted octanol–water partition coefficient (Wildman–Crippen LogP) is 1.04. The molecule has 1 aliphatic rings. The molecule has 27 heavy (non-hydrogen) atoms. The van der Waals surface area contributed by atoms with E-state index >= 15 is 0 Å². The molecule has 0 atom stereocenters. The van der Waals surface area contributed by atoms with Crippen molar-refractivity contribution < 1.29 is 19.8 Å². The zero-order chi connectivity index (χ0) is 18.8. The minimum atomic E-state index is -0.543. The monoisotopic (exact) mass is 392 g/mol. The maximum Gasteiger partial charge on any atom is 0.200 e. The number of phenolic OH excluding ortho intramolecular Hbond substituents is 2. The second-order valence-corrected chi connectivity index (χ2v) is 5.85. The van der Waals surface area contributed by atoms with E-state index in [2.05, 4.69) is 10.6 Å². The Balaban J connectivity index is 0.00000261. The highest BCUT2D eigenvalue weighted by atomic mass is 35.5. The quantitative estimate of drug-likeness (QED) is 0.340. The fraction of sp³-hybridized carbons (Fsp3) is 0.222. The summed E-state index contributed by atoms with van der Waals surface area (Å²) in [6.07, 6.45) is 0.